The Kier molecular flexibility index (Phi) is 3.50. The summed E-state index contributed by atoms with van der Waals surface area (Å²) in [5, 5.41) is 8.57. The number of aliphatic carboxylic acids is 1. The van der Waals surface area contributed by atoms with Crippen LogP contribution in [0, 0.1) is 5.92 Å². The number of alkyl halides is 6. The monoisotopic (exact) mass is 279 g/mol. The predicted molar refractivity (Wildman–Crippen MR) is 43.4 cm³/mol. The van der Waals surface area contributed by atoms with Gasteiger partial charge in [0, 0.05) is 6.54 Å². The highest BCUT2D eigenvalue weighted by atomic mass is 19.4. The van der Waals surface area contributed by atoms with Crippen molar-refractivity contribution >= 4 is 11.9 Å². The molecule has 1 aliphatic rings. The summed E-state index contributed by atoms with van der Waals surface area (Å²) >= 11 is 0. The van der Waals surface area contributed by atoms with Crippen LogP contribution in [0.3, 0.4) is 0 Å². The van der Waals surface area contributed by atoms with Crippen LogP contribution in [-0.2, 0) is 9.59 Å². The van der Waals surface area contributed by atoms with Crippen LogP contribution < -0.4 is 0 Å². The minimum absolute atomic E-state index is 0.291. The van der Waals surface area contributed by atoms with Crippen LogP contribution >= 0.6 is 0 Å². The maximum atomic E-state index is 12.4. The van der Waals surface area contributed by atoms with Gasteiger partial charge >= 0.3 is 24.2 Å². The largest absolute Gasteiger partial charge is 0.480 e. The first-order valence-corrected chi connectivity index (χ1v) is 4.63. The molecule has 104 valence electrons. The number of rotatable bonds is 1. The van der Waals surface area contributed by atoms with Crippen molar-refractivity contribution in [1.82, 2.24) is 4.90 Å². The lowest BCUT2D eigenvalue weighted by Crippen LogP contribution is -2.50. The van der Waals surface area contributed by atoms with E-state index in [1.165, 1.54) is 0 Å². The number of carbonyl (C=O) groups excluding carboxylic acids is 1. The number of carboxylic acid groups (broad SMARTS) is 1. The number of hydrogen-bond donors (Lipinski definition) is 1. The maximum Gasteiger partial charge on any atom is 0.471 e. The van der Waals surface area contributed by atoms with E-state index in [1.54, 1.807) is 0 Å². The Morgan fingerprint density at radius 2 is 1.61 bits per heavy atom. The van der Waals surface area contributed by atoms with Crippen LogP contribution in [0.4, 0.5) is 26.3 Å². The molecular weight excluding hydrogens is 272 g/mol. The molecule has 0 aromatic carbocycles. The van der Waals surface area contributed by atoms with Gasteiger partial charge in [0.25, 0.3) is 0 Å². The second-order valence-electron chi connectivity index (χ2n) is 3.72. The highest BCUT2D eigenvalue weighted by Crippen LogP contribution is 2.39. The van der Waals surface area contributed by atoms with Gasteiger partial charge in [0.15, 0.2) is 0 Å². The fourth-order valence-electron chi connectivity index (χ4n) is 1.83. The average molecular weight is 279 g/mol. The summed E-state index contributed by atoms with van der Waals surface area (Å²) < 4.78 is 73.6. The lowest BCUT2D eigenvalue weighted by atomic mass is 10.00. The summed E-state index contributed by atoms with van der Waals surface area (Å²) in [5.41, 5.74) is 0. The highest BCUT2D eigenvalue weighted by molar-refractivity contribution is 5.87. The summed E-state index contributed by atoms with van der Waals surface area (Å²) in [6.07, 6.45) is -11.2. The van der Waals surface area contributed by atoms with Gasteiger partial charge in [-0.1, -0.05) is 0 Å². The van der Waals surface area contributed by atoms with E-state index in [9.17, 15) is 35.9 Å². The van der Waals surface area contributed by atoms with Gasteiger partial charge in [0.2, 0.25) is 0 Å². The normalized spacial score (nSPS) is 25.3. The molecule has 10 heteroatoms. The third-order valence-corrected chi connectivity index (χ3v) is 2.57. The molecule has 1 aliphatic heterocycles. The summed E-state index contributed by atoms with van der Waals surface area (Å²) in [4.78, 5) is 21.2. The molecule has 0 bridgehead atoms. The molecule has 4 nitrogen and oxygen atoms in total. The molecule has 1 amide bonds. The molecule has 18 heavy (non-hydrogen) atoms. The van der Waals surface area contributed by atoms with E-state index < -0.39 is 49.2 Å². The fraction of sp³-hybridized carbons (Fsp3) is 0.750. The lowest BCUT2D eigenvalue weighted by molar-refractivity contribution is -0.200. The standard InChI is InChI=1S/C8H7F6NO3/c9-7(10,11)3-1-2-15(4(3)5(16)17)6(18)8(12,13)14/h3-4H,1-2H2,(H,16,17)/t3-,4+/m1/s1. The first-order chi connectivity index (χ1) is 7.96. The van der Waals surface area contributed by atoms with Crippen LogP contribution in [-0.4, -0.2) is 46.8 Å². The Balaban J connectivity index is 3.03. The zero-order chi connectivity index (χ0) is 14.3. The van der Waals surface area contributed by atoms with E-state index >= 15 is 0 Å². The summed E-state index contributed by atoms with van der Waals surface area (Å²) in [7, 11) is 0. The Labute approximate surface area is 96.2 Å². The van der Waals surface area contributed by atoms with E-state index in [2.05, 4.69) is 0 Å². The summed E-state index contributed by atoms with van der Waals surface area (Å²) in [6.45, 7) is -0.889. The van der Waals surface area contributed by atoms with Gasteiger partial charge in [-0.2, -0.15) is 26.3 Å². The molecule has 2 atom stereocenters. The predicted octanol–water partition coefficient (Wildman–Crippen LogP) is 1.41. The third-order valence-electron chi connectivity index (χ3n) is 2.57. The molecule has 0 saturated carbocycles. The zero-order valence-corrected chi connectivity index (χ0v) is 8.55. The van der Waals surface area contributed by atoms with Crippen LogP contribution in [0.5, 0.6) is 0 Å². The van der Waals surface area contributed by atoms with Gasteiger partial charge < -0.3 is 10.0 Å². The molecule has 0 unspecified atom stereocenters. The van der Waals surface area contributed by atoms with Crippen molar-refractivity contribution in [1.29, 1.82) is 0 Å². The number of amides is 1. The number of hydrogen-bond acceptors (Lipinski definition) is 2. The van der Waals surface area contributed by atoms with E-state index in [4.69, 9.17) is 5.11 Å². The quantitative estimate of drug-likeness (QED) is 0.738. The van der Waals surface area contributed by atoms with Crippen molar-refractivity contribution in [3.63, 3.8) is 0 Å². The second-order valence-corrected chi connectivity index (χ2v) is 3.72. The molecule has 0 aromatic rings. The van der Waals surface area contributed by atoms with Crippen molar-refractivity contribution < 1.29 is 41.0 Å². The molecule has 1 heterocycles. The molecule has 1 N–H and O–H groups in total. The highest BCUT2D eigenvalue weighted by Gasteiger charge is 2.58. The van der Waals surface area contributed by atoms with Crippen LogP contribution in [0.1, 0.15) is 6.42 Å². The van der Waals surface area contributed by atoms with E-state index in [-0.39, 0.29) is 4.90 Å². The minimum atomic E-state index is -5.39. The van der Waals surface area contributed by atoms with Gasteiger partial charge in [-0.05, 0) is 6.42 Å². The number of likely N-dealkylation sites (tertiary alicyclic amines) is 1. The zero-order valence-electron chi connectivity index (χ0n) is 8.55. The van der Waals surface area contributed by atoms with Gasteiger partial charge in [-0.25, -0.2) is 4.79 Å². The second kappa shape index (κ2) is 4.32. The third kappa shape index (κ3) is 2.67. The van der Waals surface area contributed by atoms with Crippen LogP contribution in [0.15, 0.2) is 0 Å². The van der Waals surface area contributed by atoms with E-state index in [0.717, 1.165) is 0 Å². The van der Waals surface area contributed by atoms with Crippen molar-refractivity contribution in [2.24, 2.45) is 5.92 Å². The first kappa shape index (κ1) is 14.6. The molecule has 1 saturated heterocycles. The molecule has 0 aromatic heterocycles. The SMILES string of the molecule is O=C(O)[C@@H]1[C@H](C(F)(F)F)CCN1C(=O)C(F)(F)F. The molecular formula is C8H7F6NO3. The summed E-state index contributed by atoms with van der Waals surface area (Å²) in [5.74, 6) is -7.16. The van der Waals surface area contributed by atoms with Crippen LogP contribution in [0.25, 0.3) is 0 Å². The van der Waals surface area contributed by atoms with Crippen molar-refractivity contribution in [3.8, 4) is 0 Å². The Hall–Kier alpha value is -1.48. The van der Waals surface area contributed by atoms with Gasteiger partial charge in [0.1, 0.15) is 6.04 Å². The van der Waals surface area contributed by atoms with E-state index in [1.807, 2.05) is 0 Å². The molecule has 0 radical (unpaired) electrons. The topological polar surface area (TPSA) is 57.6 Å². The van der Waals surface area contributed by atoms with Gasteiger partial charge in [-0.15, -0.1) is 0 Å². The smallest absolute Gasteiger partial charge is 0.471 e. The Morgan fingerprint density at radius 1 is 1.11 bits per heavy atom. The minimum Gasteiger partial charge on any atom is -0.480 e. The lowest BCUT2D eigenvalue weighted by Gasteiger charge is -2.26. The van der Waals surface area contributed by atoms with Crippen molar-refractivity contribution in [2.45, 2.75) is 24.8 Å². The van der Waals surface area contributed by atoms with Crippen molar-refractivity contribution in [3.05, 3.63) is 0 Å². The number of halogens is 6. The number of carbonyl (C=O) groups is 2. The van der Waals surface area contributed by atoms with E-state index in [0.29, 0.717) is 0 Å². The van der Waals surface area contributed by atoms with Gasteiger partial charge in [0.05, 0.1) is 5.92 Å². The Bertz CT molecular complexity index is 363. The molecule has 1 fully saturated rings. The number of nitrogens with zero attached hydrogens (tertiary/aromatic N) is 1. The van der Waals surface area contributed by atoms with Crippen LogP contribution in [0.2, 0.25) is 0 Å². The fourth-order valence-corrected chi connectivity index (χ4v) is 1.83. The average Bonchev–Trinajstić information content (AvgIpc) is 2.57. The summed E-state index contributed by atoms with van der Waals surface area (Å²) in [6, 6.07) is -2.53. The Morgan fingerprint density at radius 3 is 1.94 bits per heavy atom. The number of carboxylic acids is 1. The first-order valence-electron chi connectivity index (χ1n) is 4.63. The molecule has 1 rings (SSSR count). The van der Waals surface area contributed by atoms with Crippen molar-refractivity contribution in [2.75, 3.05) is 6.54 Å². The van der Waals surface area contributed by atoms with Gasteiger partial charge in [-0.3, -0.25) is 4.79 Å². The molecule has 0 aliphatic carbocycles. The molecule has 0 spiro atoms. The maximum absolute atomic E-state index is 12.4.